The van der Waals surface area contributed by atoms with Crippen LogP contribution < -0.4 is 26.2 Å². The van der Waals surface area contributed by atoms with Gasteiger partial charge in [-0.25, -0.2) is 23.2 Å². The van der Waals surface area contributed by atoms with Gasteiger partial charge in [-0.3, -0.25) is 14.6 Å². The highest BCUT2D eigenvalue weighted by Gasteiger charge is 2.38. The zero-order chi connectivity index (χ0) is 33.6. The fourth-order valence-electron chi connectivity index (χ4n) is 4.28. The van der Waals surface area contributed by atoms with Crippen molar-refractivity contribution in [3.05, 3.63) is 60.4 Å². The van der Waals surface area contributed by atoms with E-state index in [4.69, 9.17) is 29.6 Å². The zero-order valence-electron chi connectivity index (χ0n) is 23.4. The van der Waals surface area contributed by atoms with Gasteiger partial charge in [0.05, 0.1) is 44.1 Å². The van der Waals surface area contributed by atoms with Gasteiger partial charge < -0.3 is 35.5 Å². The SMILES string of the molecule is NCC(=O)NC[C@H]1CN(c2ccc(-c3ccc(N4C[C@H](CNc5ccon5)OC4=O)cc3F)c(F)c2)C(=O)O1.O=C(O)C(F)(F)F. The lowest BCUT2D eigenvalue weighted by atomic mass is 10.0. The molecule has 5 N–H and O–H groups in total. The summed E-state index contributed by atoms with van der Waals surface area (Å²) in [6, 6.07) is 9.56. The maximum absolute atomic E-state index is 15.1. The van der Waals surface area contributed by atoms with E-state index in [1.165, 1.54) is 40.3 Å². The summed E-state index contributed by atoms with van der Waals surface area (Å²) in [6.07, 6.45) is -6.15. The number of nitrogens with one attached hydrogen (secondary N) is 2. The summed E-state index contributed by atoms with van der Waals surface area (Å²) in [5.74, 6) is -4.16. The standard InChI is InChI=1S/C25H24F2N6O6.C2HF3O2/c26-20-7-14(32-12-16(38-24(32)35)10-29-22-5-6-37-31-22)1-3-18(20)19-4-2-15(8-21(19)27)33-13-17(39-25(33)36)11-30-23(34)9-28;3-2(4,5)1(6)7/h1-8,16-17H,9-13,28H2,(H,29,31)(H,30,34);(H,6,7)/t16-,17-;/m0./s1. The summed E-state index contributed by atoms with van der Waals surface area (Å²) in [6.45, 7) is 0.417. The fourth-order valence-corrected chi connectivity index (χ4v) is 4.28. The van der Waals surface area contributed by atoms with Gasteiger partial charge in [-0.2, -0.15) is 13.2 Å². The molecule has 46 heavy (non-hydrogen) atoms. The number of hydrogen-bond donors (Lipinski definition) is 4. The van der Waals surface area contributed by atoms with Crippen molar-refractivity contribution in [1.82, 2.24) is 10.5 Å². The van der Waals surface area contributed by atoms with Crippen LogP contribution in [0.3, 0.4) is 0 Å². The third kappa shape index (κ3) is 8.17. The van der Waals surface area contributed by atoms with E-state index in [-0.39, 0.29) is 55.2 Å². The van der Waals surface area contributed by atoms with Gasteiger partial charge in [-0.15, -0.1) is 0 Å². The number of anilines is 3. The van der Waals surface area contributed by atoms with Gasteiger partial charge in [0.2, 0.25) is 5.91 Å². The number of halogens is 5. The Kier molecular flexibility index (Phi) is 10.2. The molecule has 3 amide bonds. The lowest BCUT2D eigenvalue weighted by Gasteiger charge is -2.16. The van der Waals surface area contributed by atoms with Crippen molar-refractivity contribution in [2.45, 2.75) is 18.4 Å². The van der Waals surface area contributed by atoms with E-state index < -0.39 is 54.1 Å². The normalized spacial score (nSPS) is 17.6. The summed E-state index contributed by atoms with van der Waals surface area (Å²) in [5, 5.41) is 16.3. The van der Waals surface area contributed by atoms with E-state index in [0.29, 0.717) is 5.82 Å². The first-order chi connectivity index (χ1) is 21.8. The van der Waals surface area contributed by atoms with Gasteiger partial charge in [0.25, 0.3) is 0 Å². The van der Waals surface area contributed by atoms with Crippen molar-refractivity contribution in [2.24, 2.45) is 5.73 Å². The van der Waals surface area contributed by atoms with Gasteiger partial charge in [-0.05, 0) is 36.4 Å². The predicted octanol–water partition coefficient (Wildman–Crippen LogP) is 3.09. The largest absolute Gasteiger partial charge is 0.490 e. The molecule has 0 bridgehead atoms. The molecule has 2 fully saturated rings. The maximum atomic E-state index is 15.1. The number of rotatable bonds is 9. The molecule has 2 aromatic carbocycles. The van der Waals surface area contributed by atoms with Crippen LogP contribution in [-0.2, 0) is 19.1 Å². The Hall–Kier alpha value is -5.46. The van der Waals surface area contributed by atoms with Crippen LogP contribution in [0.15, 0.2) is 53.3 Å². The Balaban J connectivity index is 0.000000617. The number of benzene rings is 2. The molecule has 246 valence electrons. The molecule has 0 aliphatic carbocycles. The number of carboxylic acid groups (broad SMARTS) is 1. The Labute approximate surface area is 255 Å². The Bertz CT molecular complexity index is 1590. The first-order valence-electron chi connectivity index (χ1n) is 13.2. The number of nitrogens with two attached hydrogens (primary N) is 1. The molecule has 0 unspecified atom stereocenters. The number of carboxylic acids is 1. The number of carbonyl (C=O) groups excluding carboxylic acids is 3. The minimum atomic E-state index is -5.08. The first-order valence-corrected chi connectivity index (χ1v) is 13.2. The van der Waals surface area contributed by atoms with E-state index in [2.05, 4.69) is 15.8 Å². The molecular formula is C27H25F5N6O8. The second kappa shape index (κ2) is 14.1. The van der Waals surface area contributed by atoms with E-state index in [1.54, 1.807) is 6.07 Å². The molecular weight excluding hydrogens is 631 g/mol. The van der Waals surface area contributed by atoms with Gasteiger partial charge in [0.1, 0.15) is 30.1 Å². The lowest BCUT2D eigenvalue weighted by Crippen LogP contribution is -2.37. The number of aromatic nitrogens is 1. The van der Waals surface area contributed by atoms with Crippen LogP contribution in [0.25, 0.3) is 11.1 Å². The quantitative estimate of drug-likeness (QED) is 0.248. The predicted molar refractivity (Wildman–Crippen MR) is 148 cm³/mol. The molecule has 2 saturated heterocycles. The molecule has 0 saturated carbocycles. The number of carbonyl (C=O) groups is 4. The Morgan fingerprint density at radius 1 is 0.913 bits per heavy atom. The van der Waals surface area contributed by atoms with Crippen molar-refractivity contribution in [1.29, 1.82) is 0 Å². The van der Waals surface area contributed by atoms with Crippen LogP contribution >= 0.6 is 0 Å². The number of hydrogen-bond acceptors (Lipinski definition) is 10. The second-order valence-corrected chi connectivity index (χ2v) is 9.64. The fraction of sp³-hybridized carbons (Fsp3) is 0.296. The van der Waals surface area contributed by atoms with Crippen molar-refractivity contribution >= 4 is 41.3 Å². The highest BCUT2D eigenvalue weighted by atomic mass is 19.4. The van der Waals surface area contributed by atoms with Crippen molar-refractivity contribution in [3.8, 4) is 11.1 Å². The summed E-state index contributed by atoms with van der Waals surface area (Å²) in [5.41, 5.74) is 5.67. The molecule has 19 heteroatoms. The van der Waals surface area contributed by atoms with Crippen LogP contribution in [0.1, 0.15) is 0 Å². The second-order valence-electron chi connectivity index (χ2n) is 9.64. The van der Waals surface area contributed by atoms with Gasteiger partial charge >= 0.3 is 24.3 Å². The van der Waals surface area contributed by atoms with Gasteiger partial charge in [0, 0.05) is 17.2 Å². The summed E-state index contributed by atoms with van der Waals surface area (Å²) < 4.78 is 77.2. The van der Waals surface area contributed by atoms with E-state index in [1.807, 2.05) is 0 Å². The van der Waals surface area contributed by atoms with Crippen molar-refractivity contribution < 1.29 is 60.2 Å². The molecule has 3 aromatic rings. The Morgan fingerprint density at radius 2 is 1.41 bits per heavy atom. The minimum absolute atomic E-state index is 0.0222. The molecule has 0 radical (unpaired) electrons. The van der Waals surface area contributed by atoms with Crippen LogP contribution in [0.2, 0.25) is 0 Å². The van der Waals surface area contributed by atoms with E-state index in [9.17, 15) is 27.6 Å². The van der Waals surface area contributed by atoms with Gasteiger partial charge in [0.15, 0.2) is 5.82 Å². The molecule has 2 atom stereocenters. The third-order valence-electron chi connectivity index (χ3n) is 6.47. The van der Waals surface area contributed by atoms with E-state index in [0.717, 1.165) is 12.1 Å². The van der Waals surface area contributed by atoms with Gasteiger partial charge in [-0.1, -0.05) is 5.16 Å². The number of amides is 3. The van der Waals surface area contributed by atoms with E-state index >= 15 is 8.78 Å². The molecule has 3 heterocycles. The summed E-state index contributed by atoms with van der Waals surface area (Å²) in [4.78, 5) is 47.4. The Morgan fingerprint density at radius 3 is 1.83 bits per heavy atom. The summed E-state index contributed by atoms with van der Waals surface area (Å²) in [7, 11) is 0. The molecule has 5 rings (SSSR count). The minimum Gasteiger partial charge on any atom is -0.475 e. The molecule has 2 aliphatic rings. The topological polar surface area (TPSA) is 190 Å². The van der Waals surface area contributed by atoms with Crippen molar-refractivity contribution in [3.63, 3.8) is 0 Å². The maximum Gasteiger partial charge on any atom is 0.490 e. The van der Waals surface area contributed by atoms with Crippen LogP contribution in [-0.4, -0.2) is 85.4 Å². The first kappa shape index (κ1) is 33.4. The highest BCUT2D eigenvalue weighted by molar-refractivity contribution is 5.91. The van der Waals surface area contributed by atoms with Crippen LogP contribution in [0.4, 0.5) is 48.7 Å². The number of nitrogens with zero attached hydrogens (tertiary/aromatic N) is 3. The molecule has 14 nitrogen and oxygen atoms in total. The molecule has 0 spiro atoms. The number of alkyl halides is 3. The lowest BCUT2D eigenvalue weighted by molar-refractivity contribution is -0.192. The van der Waals surface area contributed by atoms with Crippen molar-refractivity contribution in [2.75, 3.05) is 47.8 Å². The smallest absolute Gasteiger partial charge is 0.475 e. The highest BCUT2D eigenvalue weighted by Crippen LogP contribution is 2.33. The third-order valence-corrected chi connectivity index (χ3v) is 6.47. The molecule has 2 aliphatic heterocycles. The summed E-state index contributed by atoms with van der Waals surface area (Å²) >= 11 is 0. The monoisotopic (exact) mass is 656 g/mol. The van der Waals surface area contributed by atoms with Crippen LogP contribution in [0, 0.1) is 11.6 Å². The van der Waals surface area contributed by atoms with Crippen LogP contribution in [0.5, 0.6) is 0 Å². The number of cyclic esters (lactones) is 2. The molecule has 1 aromatic heterocycles. The average Bonchev–Trinajstić information content (AvgIpc) is 3.75. The average molecular weight is 657 g/mol. The zero-order valence-corrected chi connectivity index (χ0v) is 23.4. The number of ether oxygens (including phenoxy) is 2. The number of aliphatic carboxylic acids is 1.